The second kappa shape index (κ2) is 8.86. The van der Waals surface area contributed by atoms with Gasteiger partial charge in [-0.2, -0.15) is 0 Å². The first-order valence-electron chi connectivity index (χ1n) is 10.0. The number of hydrogen-bond donors (Lipinski definition) is 0. The molecule has 0 bridgehead atoms. The lowest BCUT2D eigenvalue weighted by molar-refractivity contribution is 0.00200. The van der Waals surface area contributed by atoms with Crippen molar-refractivity contribution in [3.05, 3.63) is 69.3 Å². The summed E-state index contributed by atoms with van der Waals surface area (Å²) < 4.78 is 7.79. The van der Waals surface area contributed by atoms with Crippen LogP contribution in [0.5, 0.6) is 0 Å². The summed E-state index contributed by atoms with van der Waals surface area (Å²) in [5.41, 5.74) is 2.49. The summed E-state index contributed by atoms with van der Waals surface area (Å²) >= 11 is 3.25. The Morgan fingerprint density at radius 1 is 1.38 bits per heavy atom. The molecule has 0 amide bonds. The van der Waals surface area contributed by atoms with Crippen LogP contribution < -0.4 is 5.56 Å². The van der Waals surface area contributed by atoms with Crippen molar-refractivity contribution in [3.63, 3.8) is 0 Å². The predicted octanol–water partition coefficient (Wildman–Crippen LogP) is 5.08. The third-order valence-electron chi connectivity index (χ3n) is 5.31. The fraction of sp³-hybridized carbons (Fsp3) is 0.391. The summed E-state index contributed by atoms with van der Waals surface area (Å²) in [6, 6.07) is 10.4. The SMILES string of the molecule is C=CCn1c(SCCc2ccccc2)nc2sc3c(c2c1=O)CC(C(C)C)OC3. The second-order valence-corrected chi connectivity index (χ2v) is 9.81. The van der Waals surface area contributed by atoms with E-state index in [9.17, 15) is 4.79 Å². The Morgan fingerprint density at radius 3 is 2.90 bits per heavy atom. The van der Waals surface area contributed by atoms with Crippen LogP contribution in [0.25, 0.3) is 10.2 Å². The average molecular weight is 427 g/mol. The van der Waals surface area contributed by atoms with Crippen molar-refractivity contribution in [2.24, 2.45) is 5.92 Å². The van der Waals surface area contributed by atoms with Gasteiger partial charge in [0.2, 0.25) is 0 Å². The molecule has 1 aliphatic rings. The van der Waals surface area contributed by atoms with Gasteiger partial charge in [-0.1, -0.05) is 62.0 Å². The molecule has 3 aromatic rings. The number of thioether (sulfide) groups is 1. The van der Waals surface area contributed by atoms with Gasteiger partial charge in [0.1, 0.15) is 4.83 Å². The maximum absolute atomic E-state index is 13.4. The highest BCUT2D eigenvalue weighted by Gasteiger charge is 2.28. The minimum absolute atomic E-state index is 0.0546. The molecule has 4 nitrogen and oxygen atoms in total. The molecule has 0 radical (unpaired) electrons. The third-order valence-corrected chi connectivity index (χ3v) is 7.39. The molecule has 1 atom stereocenters. The highest BCUT2D eigenvalue weighted by atomic mass is 32.2. The lowest BCUT2D eigenvalue weighted by Gasteiger charge is -2.26. The van der Waals surface area contributed by atoms with E-state index in [0.29, 0.717) is 19.1 Å². The van der Waals surface area contributed by atoms with E-state index in [1.54, 1.807) is 33.7 Å². The molecular weight excluding hydrogens is 400 g/mol. The molecule has 0 fully saturated rings. The van der Waals surface area contributed by atoms with Gasteiger partial charge in [0.25, 0.3) is 5.56 Å². The highest BCUT2D eigenvalue weighted by Crippen LogP contribution is 2.35. The monoisotopic (exact) mass is 426 g/mol. The van der Waals surface area contributed by atoms with Crippen LogP contribution in [-0.4, -0.2) is 21.4 Å². The van der Waals surface area contributed by atoms with Crippen LogP contribution in [0.1, 0.15) is 29.9 Å². The molecule has 29 heavy (non-hydrogen) atoms. The largest absolute Gasteiger partial charge is 0.372 e. The lowest BCUT2D eigenvalue weighted by Crippen LogP contribution is -2.28. The van der Waals surface area contributed by atoms with E-state index in [0.717, 1.165) is 44.4 Å². The lowest BCUT2D eigenvalue weighted by atomic mass is 9.96. The van der Waals surface area contributed by atoms with Gasteiger partial charge >= 0.3 is 0 Å². The maximum Gasteiger partial charge on any atom is 0.263 e. The van der Waals surface area contributed by atoms with Crippen molar-refractivity contribution in [3.8, 4) is 0 Å². The fourth-order valence-corrected chi connectivity index (χ4v) is 5.84. The summed E-state index contributed by atoms with van der Waals surface area (Å²) in [5, 5.41) is 1.56. The molecule has 152 valence electrons. The van der Waals surface area contributed by atoms with Gasteiger partial charge < -0.3 is 4.74 Å². The van der Waals surface area contributed by atoms with Gasteiger partial charge in [-0.3, -0.25) is 9.36 Å². The molecule has 4 rings (SSSR count). The normalized spacial score (nSPS) is 16.3. The molecular formula is C23H26N2O2S2. The smallest absolute Gasteiger partial charge is 0.263 e. The summed E-state index contributed by atoms with van der Waals surface area (Å²) in [7, 11) is 0. The van der Waals surface area contributed by atoms with Crippen LogP contribution in [0.4, 0.5) is 0 Å². The molecule has 6 heteroatoms. The molecule has 3 heterocycles. The van der Waals surface area contributed by atoms with E-state index in [-0.39, 0.29) is 11.7 Å². The standard InChI is InChI=1S/C23H26N2O2S2/c1-4-11-25-22(26)20-17-13-18(15(2)3)27-14-19(17)29-21(20)24-23(25)28-12-10-16-8-6-5-7-9-16/h4-9,15,18H,1,10-14H2,2-3H3. The zero-order chi connectivity index (χ0) is 20.4. The van der Waals surface area contributed by atoms with Gasteiger partial charge in [-0.25, -0.2) is 4.98 Å². The number of fused-ring (bicyclic) bond motifs is 3. The van der Waals surface area contributed by atoms with Gasteiger partial charge in [-0.05, 0) is 23.5 Å². The van der Waals surface area contributed by atoms with Crippen LogP contribution >= 0.6 is 23.1 Å². The number of rotatable bonds is 7. The Morgan fingerprint density at radius 2 is 2.17 bits per heavy atom. The average Bonchev–Trinajstić information content (AvgIpc) is 3.09. The number of aryl methyl sites for hydroxylation is 1. The molecule has 0 saturated heterocycles. The van der Waals surface area contributed by atoms with Crippen LogP contribution in [-0.2, 0) is 30.7 Å². The number of nitrogens with zero attached hydrogens (tertiary/aromatic N) is 2. The molecule has 1 aromatic carbocycles. The molecule has 0 aliphatic carbocycles. The minimum atomic E-state index is 0.0546. The zero-order valence-electron chi connectivity index (χ0n) is 16.9. The van der Waals surface area contributed by atoms with E-state index in [4.69, 9.17) is 9.72 Å². The second-order valence-electron chi connectivity index (χ2n) is 7.66. The van der Waals surface area contributed by atoms with Crippen LogP contribution in [0, 0.1) is 5.92 Å². The predicted molar refractivity (Wildman–Crippen MR) is 122 cm³/mol. The van der Waals surface area contributed by atoms with E-state index in [2.05, 4.69) is 44.7 Å². The molecule has 0 saturated carbocycles. The van der Waals surface area contributed by atoms with Crippen molar-refractivity contribution in [2.75, 3.05) is 5.75 Å². The Kier molecular flexibility index (Phi) is 6.23. The summed E-state index contributed by atoms with van der Waals surface area (Å²) in [4.78, 5) is 20.3. The fourth-order valence-electron chi connectivity index (χ4n) is 3.67. The van der Waals surface area contributed by atoms with Gasteiger partial charge in [-0.15, -0.1) is 17.9 Å². The number of ether oxygens (including phenoxy) is 1. The number of hydrogen-bond acceptors (Lipinski definition) is 5. The highest BCUT2D eigenvalue weighted by molar-refractivity contribution is 7.99. The van der Waals surface area contributed by atoms with Gasteiger partial charge in [0, 0.05) is 23.6 Å². The van der Waals surface area contributed by atoms with E-state index >= 15 is 0 Å². The summed E-state index contributed by atoms with van der Waals surface area (Å²) in [5.74, 6) is 1.30. The van der Waals surface area contributed by atoms with Gasteiger partial charge in [0.15, 0.2) is 5.16 Å². The Hall–Kier alpha value is -1.89. The molecule has 2 aromatic heterocycles. The maximum atomic E-state index is 13.4. The quantitative estimate of drug-likeness (QED) is 0.300. The third kappa shape index (κ3) is 4.20. The molecule has 0 spiro atoms. The Labute approximate surface area is 179 Å². The van der Waals surface area contributed by atoms with Crippen molar-refractivity contribution in [1.82, 2.24) is 9.55 Å². The number of thiophene rings is 1. The Balaban J connectivity index is 1.67. The van der Waals surface area contributed by atoms with Crippen LogP contribution in [0.15, 0.2) is 52.9 Å². The molecule has 0 N–H and O–H groups in total. The number of benzene rings is 1. The first kappa shape index (κ1) is 20.4. The van der Waals surface area contributed by atoms with Crippen LogP contribution in [0.3, 0.4) is 0 Å². The molecule has 1 aliphatic heterocycles. The van der Waals surface area contributed by atoms with Crippen molar-refractivity contribution < 1.29 is 4.74 Å². The van der Waals surface area contributed by atoms with Crippen molar-refractivity contribution in [2.45, 2.75) is 51.1 Å². The minimum Gasteiger partial charge on any atom is -0.372 e. The number of allylic oxidation sites excluding steroid dienone is 1. The summed E-state index contributed by atoms with van der Waals surface area (Å²) in [6.07, 6.45) is 3.67. The first-order valence-corrected chi connectivity index (χ1v) is 11.8. The topological polar surface area (TPSA) is 44.1 Å². The first-order chi connectivity index (χ1) is 14.1. The van der Waals surface area contributed by atoms with E-state index in [1.165, 1.54) is 5.56 Å². The van der Waals surface area contributed by atoms with E-state index < -0.39 is 0 Å². The van der Waals surface area contributed by atoms with E-state index in [1.807, 2.05) is 6.07 Å². The van der Waals surface area contributed by atoms with Crippen molar-refractivity contribution >= 4 is 33.3 Å². The van der Waals surface area contributed by atoms with Gasteiger partial charge in [0.05, 0.1) is 18.1 Å². The van der Waals surface area contributed by atoms with Crippen molar-refractivity contribution in [1.29, 1.82) is 0 Å². The zero-order valence-corrected chi connectivity index (χ0v) is 18.5. The summed E-state index contributed by atoms with van der Waals surface area (Å²) in [6.45, 7) is 9.23. The van der Waals surface area contributed by atoms with Crippen LogP contribution in [0.2, 0.25) is 0 Å². The number of aromatic nitrogens is 2. The molecule has 1 unspecified atom stereocenters. The Bertz CT molecular complexity index is 1070.